The number of rotatable bonds is 8. The molecule has 0 aliphatic carbocycles. The SMILES string of the molecule is COC(=O)c1ccc(C(CCc2ccccc2)NS(=O)(=O)c2ccc(C)cc2)cc1. The zero-order valence-corrected chi connectivity index (χ0v) is 17.9. The van der Waals surface area contributed by atoms with Crippen LogP contribution in [-0.4, -0.2) is 21.5 Å². The highest BCUT2D eigenvalue weighted by molar-refractivity contribution is 7.89. The largest absolute Gasteiger partial charge is 0.465 e. The molecular formula is C24H25NO4S. The minimum Gasteiger partial charge on any atom is -0.465 e. The Morgan fingerprint density at radius 2 is 1.57 bits per heavy atom. The Balaban J connectivity index is 1.86. The van der Waals surface area contributed by atoms with Crippen LogP contribution in [0.15, 0.2) is 83.8 Å². The van der Waals surface area contributed by atoms with Crippen LogP contribution in [0.1, 0.15) is 39.5 Å². The molecule has 0 heterocycles. The van der Waals surface area contributed by atoms with Crippen molar-refractivity contribution in [1.82, 2.24) is 4.72 Å². The van der Waals surface area contributed by atoms with E-state index in [2.05, 4.69) is 4.72 Å². The predicted octanol–water partition coefficient (Wildman–Crippen LogP) is 4.43. The van der Waals surface area contributed by atoms with Gasteiger partial charge in [0, 0.05) is 6.04 Å². The minimum absolute atomic E-state index is 0.226. The van der Waals surface area contributed by atoms with Gasteiger partial charge in [0.05, 0.1) is 17.6 Å². The molecule has 0 aromatic heterocycles. The second kappa shape index (κ2) is 9.69. The lowest BCUT2D eigenvalue weighted by Gasteiger charge is -2.20. The molecule has 5 nitrogen and oxygen atoms in total. The first-order chi connectivity index (χ1) is 14.4. The second-order valence-corrected chi connectivity index (χ2v) is 8.84. The molecule has 0 aliphatic heterocycles. The maximum Gasteiger partial charge on any atom is 0.337 e. The van der Waals surface area contributed by atoms with Crippen LogP contribution >= 0.6 is 0 Å². The van der Waals surface area contributed by atoms with E-state index < -0.39 is 22.0 Å². The maximum absolute atomic E-state index is 13.0. The summed E-state index contributed by atoms with van der Waals surface area (Å²) in [4.78, 5) is 11.9. The highest BCUT2D eigenvalue weighted by Gasteiger charge is 2.22. The van der Waals surface area contributed by atoms with Crippen molar-refractivity contribution in [3.8, 4) is 0 Å². The molecule has 6 heteroatoms. The van der Waals surface area contributed by atoms with Crippen molar-refractivity contribution in [2.75, 3.05) is 7.11 Å². The van der Waals surface area contributed by atoms with Crippen LogP contribution in [0.2, 0.25) is 0 Å². The average molecular weight is 424 g/mol. The number of sulfonamides is 1. The van der Waals surface area contributed by atoms with Gasteiger partial charge in [0.25, 0.3) is 0 Å². The molecule has 3 rings (SSSR count). The lowest BCUT2D eigenvalue weighted by Crippen LogP contribution is -2.29. The van der Waals surface area contributed by atoms with Crippen LogP contribution in [0.3, 0.4) is 0 Å². The summed E-state index contributed by atoms with van der Waals surface area (Å²) in [6, 6.07) is 23.1. The lowest BCUT2D eigenvalue weighted by molar-refractivity contribution is 0.0600. The van der Waals surface area contributed by atoms with Crippen molar-refractivity contribution in [3.05, 3.63) is 101 Å². The van der Waals surface area contributed by atoms with Crippen LogP contribution in [0.5, 0.6) is 0 Å². The first-order valence-electron chi connectivity index (χ1n) is 9.70. The van der Waals surface area contributed by atoms with Gasteiger partial charge < -0.3 is 4.74 Å². The molecule has 3 aromatic rings. The van der Waals surface area contributed by atoms with E-state index in [-0.39, 0.29) is 4.90 Å². The van der Waals surface area contributed by atoms with E-state index in [0.717, 1.165) is 16.7 Å². The number of ether oxygens (including phenoxy) is 1. The molecule has 0 aliphatic rings. The molecule has 0 saturated carbocycles. The quantitative estimate of drug-likeness (QED) is 0.544. The molecule has 0 saturated heterocycles. The standard InChI is InChI=1S/C24H25NO4S/c1-18-8-15-22(16-9-18)30(27,28)25-23(17-10-19-6-4-3-5-7-19)20-11-13-21(14-12-20)24(26)29-2/h3-9,11-16,23,25H,10,17H2,1-2H3. The number of hydrogen-bond acceptors (Lipinski definition) is 4. The van der Waals surface area contributed by atoms with Crippen molar-refractivity contribution in [2.45, 2.75) is 30.7 Å². The summed E-state index contributed by atoms with van der Waals surface area (Å²) < 4.78 is 33.5. The van der Waals surface area contributed by atoms with Crippen LogP contribution in [0, 0.1) is 6.92 Å². The smallest absolute Gasteiger partial charge is 0.337 e. The van der Waals surface area contributed by atoms with Gasteiger partial charge in [-0.05, 0) is 55.2 Å². The fourth-order valence-corrected chi connectivity index (χ4v) is 4.45. The van der Waals surface area contributed by atoms with Gasteiger partial charge in [-0.3, -0.25) is 0 Å². The van der Waals surface area contributed by atoms with E-state index in [0.29, 0.717) is 18.4 Å². The van der Waals surface area contributed by atoms with Crippen LogP contribution in [-0.2, 0) is 21.2 Å². The van der Waals surface area contributed by atoms with E-state index in [1.165, 1.54) is 7.11 Å². The fourth-order valence-electron chi connectivity index (χ4n) is 3.19. The molecule has 0 amide bonds. The highest BCUT2D eigenvalue weighted by atomic mass is 32.2. The van der Waals surface area contributed by atoms with E-state index >= 15 is 0 Å². The summed E-state index contributed by atoms with van der Waals surface area (Å²) in [5.41, 5.74) is 3.33. The Bertz CT molecular complexity index is 1080. The van der Waals surface area contributed by atoms with Gasteiger partial charge in [0.15, 0.2) is 0 Å². The van der Waals surface area contributed by atoms with Gasteiger partial charge in [0.1, 0.15) is 0 Å². The number of carbonyl (C=O) groups excluding carboxylic acids is 1. The van der Waals surface area contributed by atoms with Gasteiger partial charge in [-0.25, -0.2) is 17.9 Å². The number of methoxy groups -OCH3 is 1. The molecule has 0 fully saturated rings. The molecule has 1 atom stereocenters. The Kier molecular flexibility index (Phi) is 7.03. The first kappa shape index (κ1) is 21.7. The molecule has 3 aromatic carbocycles. The van der Waals surface area contributed by atoms with Crippen LogP contribution in [0.25, 0.3) is 0 Å². The normalized spacial score (nSPS) is 12.3. The highest BCUT2D eigenvalue weighted by Crippen LogP contribution is 2.23. The molecule has 30 heavy (non-hydrogen) atoms. The molecule has 0 spiro atoms. The van der Waals surface area contributed by atoms with E-state index in [1.54, 1.807) is 48.5 Å². The number of esters is 1. The van der Waals surface area contributed by atoms with Crippen LogP contribution < -0.4 is 4.72 Å². The zero-order chi connectivity index (χ0) is 21.6. The van der Waals surface area contributed by atoms with Crippen molar-refractivity contribution >= 4 is 16.0 Å². The second-order valence-electron chi connectivity index (χ2n) is 7.12. The van der Waals surface area contributed by atoms with Gasteiger partial charge in [-0.15, -0.1) is 0 Å². The lowest BCUT2D eigenvalue weighted by atomic mass is 9.99. The summed E-state index contributed by atoms with van der Waals surface area (Å²) in [6.45, 7) is 1.91. The number of hydrogen-bond donors (Lipinski definition) is 1. The van der Waals surface area contributed by atoms with Crippen molar-refractivity contribution in [3.63, 3.8) is 0 Å². The first-order valence-corrected chi connectivity index (χ1v) is 11.2. The Labute approximate surface area is 177 Å². The Hall–Kier alpha value is -2.96. The van der Waals surface area contributed by atoms with Gasteiger partial charge in [-0.1, -0.05) is 60.2 Å². The van der Waals surface area contributed by atoms with E-state index in [4.69, 9.17) is 4.74 Å². The number of nitrogens with one attached hydrogen (secondary N) is 1. The van der Waals surface area contributed by atoms with E-state index in [9.17, 15) is 13.2 Å². The number of benzene rings is 3. The monoisotopic (exact) mass is 423 g/mol. The van der Waals surface area contributed by atoms with E-state index in [1.807, 2.05) is 37.3 Å². The molecule has 0 bridgehead atoms. The topological polar surface area (TPSA) is 72.5 Å². The van der Waals surface area contributed by atoms with Crippen molar-refractivity contribution in [2.24, 2.45) is 0 Å². The zero-order valence-electron chi connectivity index (χ0n) is 17.0. The van der Waals surface area contributed by atoms with Crippen molar-refractivity contribution in [1.29, 1.82) is 0 Å². The minimum atomic E-state index is -3.70. The summed E-state index contributed by atoms with van der Waals surface area (Å²) in [7, 11) is -2.37. The van der Waals surface area contributed by atoms with Crippen molar-refractivity contribution < 1.29 is 17.9 Å². The Morgan fingerprint density at radius 3 is 2.17 bits per heavy atom. The Morgan fingerprint density at radius 1 is 0.933 bits per heavy atom. The molecule has 1 N–H and O–H groups in total. The van der Waals surface area contributed by atoms with Gasteiger partial charge in [-0.2, -0.15) is 0 Å². The number of aryl methyl sites for hydroxylation is 2. The van der Waals surface area contributed by atoms with Gasteiger partial charge in [0.2, 0.25) is 10.0 Å². The summed E-state index contributed by atoms with van der Waals surface area (Å²) in [5, 5.41) is 0. The summed E-state index contributed by atoms with van der Waals surface area (Å²) in [5.74, 6) is -0.428. The average Bonchev–Trinajstić information content (AvgIpc) is 2.77. The molecule has 1 unspecified atom stereocenters. The van der Waals surface area contributed by atoms with Crippen LogP contribution in [0.4, 0.5) is 0 Å². The fraction of sp³-hybridized carbons (Fsp3) is 0.208. The maximum atomic E-state index is 13.0. The third-order valence-corrected chi connectivity index (χ3v) is 6.41. The van der Waals surface area contributed by atoms with Gasteiger partial charge >= 0.3 is 5.97 Å². The predicted molar refractivity (Wildman–Crippen MR) is 117 cm³/mol. The third kappa shape index (κ3) is 5.55. The summed E-state index contributed by atoms with van der Waals surface area (Å²) >= 11 is 0. The molecular weight excluding hydrogens is 398 g/mol. The molecule has 156 valence electrons. The number of carbonyl (C=O) groups is 1. The summed E-state index contributed by atoms with van der Waals surface area (Å²) in [6.07, 6.45) is 1.29. The molecule has 0 radical (unpaired) electrons. The third-order valence-electron chi connectivity index (χ3n) is 4.93.